The van der Waals surface area contributed by atoms with Crippen molar-refractivity contribution in [2.24, 2.45) is 0 Å². The Balaban J connectivity index is 2.62. The van der Waals surface area contributed by atoms with Gasteiger partial charge in [0.05, 0.1) is 18.4 Å². The minimum atomic E-state index is -0.321. The molecule has 0 N–H and O–H groups in total. The first-order valence-electron chi connectivity index (χ1n) is 5.19. The molecular weight excluding hydrogens is 238 g/mol. The Morgan fingerprint density at radius 2 is 2.35 bits per heavy atom. The number of amides is 1. The predicted molar refractivity (Wildman–Crippen MR) is 67.1 cm³/mol. The largest absolute Gasteiger partial charge is 0.469 e. The highest BCUT2D eigenvalue weighted by Crippen LogP contribution is 2.12. The van der Waals surface area contributed by atoms with E-state index in [1.807, 2.05) is 11.4 Å². The number of ether oxygens (including phenoxy) is 1. The van der Waals surface area contributed by atoms with E-state index in [9.17, 15) is 9.59 Å². The number of rotatable bonds is 6. The Labute approximate surface area is 104 Å². The van der Waals surface area contributed by atoms with Gasteiger partial charge in [0, 0.05) is 13.1 Å². The molecule has 1 aromatic rings. The molecule has 17 heavy (non-hydrogen) atoms. The second kappa shape index (κ2) is 6.85. The van der Waals surface area contributed by atoms with Gasteiger partial charge in [-0.2, -0.15) is 0 Å². The van der Waals surface area contributed by atoms with Gasteiger partial charge in [-0.25, -0.2) is 0 Å². The minimum Gasteiger partial charge on any atom is -0.469 e. The lowest BCUT2D eigenvalue weighted by Gasteiger charge is -2.19. The Kier molecular flexibility index (Phi) is 5.42. The number of nitrogens with zero attached hydrogens (tertiary/aromatic N) is 1. The van der Waals surface area contributed by atoms with Crippen LogP contribution in [-0.2, 0) is 9.53 Å². The first-order chi connectivity index (χ1) is 8.19. The summed E-state index contributed by atoms with van der Waals surface area (Å²) in [5.41, 5.74) is 0. The fourth-order valence-corrected chi connectivity index (χ4v) is 2.01. The molecule has 0 fully saturated rings. The smallest absolute Gasteiger partial charge is 0.307 e. The average molecular weight is 253 g/mol. The van der Waals surface area contributed by atoms with Crippen LogP contribution >= 0.6 is 11.3 Å². The highest BCUT2D eigenvalue weighted by molar-refractivity contribution is 7.12. The molecule has 1 rings (SSSR count). The monoisotopic (exact) mass is 253 g/mol. The molecule has 1 amide bonds. The van der Waals surface area contributed by atoms with Gasteiger partial charge in [0.15, 0.2) is 0 Å². The number of thiophene rings is 1. The van der Waals surface area contributed by atoms with Gasteiger partial charge in [-0.1, -0.05) is 12.1 Å². The van der Waals surface area contributed by atoms with Crippen molar-refractivity contribution in [1.82, 2.24) is 4.90 Å². The van der Waals surface area contributed by atoms with Gasteiger partial charge in [0.1, 0.15) is 0 Å². The van der Waals surface area contributed by atoms with E-state index < -0.39 is 0 Å². The third-order valence-electron chi connectivity index (χ3n) is 2.18. The van der Waals surface area contributed by atoms with Gasteiger partial charge in [0.25, 0.3) is 5.91 Å². The Morgan fingerprint density at radius 3 is 2.88 bits per heavy atom. The Bertz CT molecular complexity index is 386. The molecule has 0 aliphatic heterocycles. The number of carbonyl (C=O) groups excluding carboxylic acids is 2. The van der Waals surface area contributed by atoms with Crippen molar-refractivity contribution < 1.29 is 14.3 Å². The molecule has 0 aromatic carbocycles. The standard InChI is InChI=1S/C12H15NO3S/c1-3-7-13(8-6-11(14)16-2)12(15)10-5-4-9-17-10/h3-5,9H,1,6-8H2,2H3. The number of esters is 1. The van der Waals surface area contributed by atoms with E-state index in [-0.39, 0.29) is 18.3 Å². The van der Waals surface area contributed by atoms with Crippen LogP contribution in [0.1, 0.15) is 16.1 Å². The molecule has 0 aliphatic carbocycles. The van der Waals surface area contributed by atoms with Crippen LogP contribution in [0.2, 0.25) is 0 Å². The van der Waals surface area contributed by atoms with Crippen molar-refractivity contribution in [2.75, 3.05) is 20.2 Å². The molecule has 92 valence electrons. The number of carbonyl (C=O) groups is 2. The van der Waals surface area contributed by atoms with Crippen molar-refractivity contribution in [1.29, 1.82) is 0 Å². The van der Waals surface area contributed by atoms with Crippen LogP contribution in [0.3, 0.4) is 0 Å². The fraction of sp³-hybridized carbons (Fsp3) is 0.333. The maximum Gasteiger partial charge on any atom is 0.307 e. The van der Waals surface area contributed by atoms with E-state index >= 15 is 0 Å². The molecule has 5 heteroatoms. The van der Waals surface area contributed by atoms with Gasteiger partial charge >= 0.3 is 5.97 Å². The molecule has 4 nitrogen and oxygen atoms in total. The SMILES string of the molecule is C=CCN(CCC(=O)OC)C(=O)c1cccs1. The summed E-state index contributed by atoms with van der Waals surface area (Å²) < 4.78 is 4.55. The van der Waals surface area contributed by atoms with Crippen molar-refractivity contribution in [2.45, 2.75) is 6.42 Å². The zero-order chi connectivity index (χ0) is 12.7. The lowest BCUT2D eigenvalue weighted by molar-refractivity contribution is -0.140. The van der Waals surface area contributed by atoms with Crippen LogP contribution in [0.15, 0.2) is 30.2 Å². The zero-order valence-electron chi connectivity index (χ0n) is 9.72. The average Bonchev–Trinajstić information content (AvgIpc) is 2.86. The normalized spacial score (nSPS) is 9.71. The first-order valence-corrected chi connectivity index (χ1v) is 6.07. The first kappa shape index (κ1) is 13.4. The molecule has 0 spiro atoms. The highest BCUT2D eigenvalue weighted by atomic mass is 32.1. The lowest BCUT2D eigenvalue weighted by atomic mass is 10.3. The third-order valence-corrected chi connectivity index (χ3v) is 3.04. The number of methoxy groups -OCH3 is 1. The zero-order valence-corrected chi connectivity index (χ0v) is 10.5. The third kappa shape index (κ3) is 4.03. The molecule has 0 saturated carbocycles. The van der Waals surface area contributed by atoms with Crippen LogP contribution in [0.25, 0.3) is 0 Å². The van der Waals surface area contributed by atoms with E-state index in [2.05, 4.69) is 11.3 Å². The summed E-state index contributed by atoms with van der Waals surface area (Å²) in [5, 5.41) is 1.85. The lowest BCUT2D eigenvalue weighted by Crippen LogP contribution is -2.32. The van der Waals surface area contributed by atoms with E-state index in [1.54, 1.807) is 17.0 Å². The second-order valence-electron chi connectivity index (χ2n) is 3.34. The quantitative estimate of drug-likeness (QED) is 0.575. The van der Waals surface area contributed by atoms with Crippen LogP contribution in [0.5, 0.6) is 0 Å². The van der Waals surface area contributed by atoms with Gasteiger partial charge in [-0.05, 0) is 11.4 Å². The molecule has 0 atom stereocenters. The molecular formula is C12H15NO3S. The fourth-order valence-electron chi connectivity index (χ4n) is 1.32. The van der Waals surface area contributed by atoms with E-state index in [1.165, 1.54) is 18.4 Å². The number of hydrogen-bond donors (Lipinski definition) is 0. The summed E-state index contributed by atoms with van der Waals surface area (Å²) in [6, 6.07) is 3.59. The Hall–Kier alpha value is -1.62. The van der Waals surface area contributed by atoms with E-state index in [0.717, 1.165) is 0 Å². The topological polar surface area (TPSA) is 46.6 Å². The second-order valence-corrected chi connectivity index (χ2v) is 4.29. The summed E-state index contributed by atoms with van der Waals surface area (Å²) in [4.78, 5) is 25.3. The van der Waals surface area contributed by atoms with Crippen LogP contribution in [0.4, 0.5) is 0 Å². The molecule has 0 aliphatic rings. The van der Waals surface area contributed by atoms with Gasteiger partial charge < -0.3 is 9.64 Å². The predicted octanol–water partition coefficient (Wildman–Crippen LogP) is 1.94. The van der Waals surface area contributed by atoms with Crippen molar-refractivity contribution >= 4 is 23.2 Å². The van der Waals surface area contributed by atoms with Crippen LogP contribution in [0, 0.1) is 0 Å². The van der Waals surface area contributed by atoms with Gasteiger partial charge in [-0.15, -0.1) is 17.9 Å². The molecule has 0 bridgehead atoms. The highest BCUT2D eigenvalue weighted by Gasteiger charge is 2.16. The maximum atomic E-state index is 12.0. The summed E-state index contributed by atoms with van der Waals surface area (Å²) in [6.07, 6.45) is 1.84. The molecule has 1 heterocycles. The van der Waals surface area contributed by atoms with Gasteiger partial charge in [0.2, 0.25) is 0 Å². The molecule has 0 radical (unpaired) electrons. The summed E-state index contributed by atoms with van der Waals surface area (Å²) in [5.74, 6) is -0.401. The van der Waals surface area contributed by atoms with E-state index in [4.69, 9.17) is 0 Å². The molecule has 1 aromatic heterocycles. The van der Waals surface area contributed by atoms with Crippen LogP contribution < -0.4 is 0 Å². The molecule has 0 saturated heterocycles. The summed E-state index contributed by atoms with van der Waals surface area (Å²) >= 11 is 1.38. The summed E-state index contributed by atoms with van der Waals surface area (Å²) in [7, 11) is 1.33. The minimum absolute atomic E-state index is 0.0798. The van der Waals surface area contributed by atoms with Gasteiger partial charge in [-0.3, -0.25) is 9.59 Å². The van der Waals surface area contributed by atoms with Crippen molar-refractivity contribution in [3.8, 4) is 0 Å². The molecule has 0 unspecified atom stereocenters. The van der Waals surface area contributed by atoms with E-state index in [0.29, 0.717) is 18.0 Å². The van der Waals surface area contributed by atoms with Crippen molar-refractivity contribution in [3.63, 3.8) is 0 Å². The Morgan fingerprint density at radius 1 is 1.59 bits per heavy atom. The summed E-state index contributed by atoms with van der Waals surface area (Å²) in [6.45, 7) is 4.37. The van der Waals surface area contributed by atoms with Crippen molar-refractivity contribution in [3.05, 3.63) is 35.0 Å². The number of hydrogen-bond acceptors (Lipinski definition) is 4. The van der Waals surface area contributed by atoms with Crippen LogP contribution in [-0.4, -0.2) is 37.0 Å². The maximum absolute atomic E-state index is 12.0.